The molecule has 0 aliphatic carbocycles. The molecule has 1 aromatic rings. The van der Waals surface area contributed by atoms with Crippen LogP contribution >= 0.6 is 0 Å². The van der Waals surface area contributed by atoms with E-state index in [0.29, 0.717) is 5.56 Å². The number of nitrogens with one attached hydrogen (secondary N) is 1. The minimum Gasteiger partial charge on any atom is -0.384 e. The van der Waals surface area contributed by atoms with E-state index in [2.05, 4.69) is 24.1 Å². The van der Waals surface area contributed by atoms with Gasteiger partial charge in [-0.25, -0.2) is 0 Å². The number of hydrogen-bond acceptors (Lipinski definition) is 2. The topological polar surface area (TPSA) is 49.3 Å². The van der Waals surface area contributed by atoms with Crippen LogP contribution < -0.4 is 5.32 Å². The van der Waals surface area contributed by atoms with Gasteiger partial charge in [0.2, 0.25) is 0 Å². The van der Waals surface area contributed by atoms with Crippen molar-refractivity contribution in [1.82, 2.24) is 5.32 Å². The molecule has 0 heterocycles. The molecule has 0 aliphatic heterocycles. The highest BCUT2D eigenvalue weighted by molar-refractivity contribution is 5.96. The van der Waals surface area contributed by atoms with E-state index in [9.17, 15) is 4.79 Å². The minimum atomic E-state index is -0.177. The van der Waals surface area contributed by atoms with E-state index >= 15 is 0 Å². The molecule has 1 aromatic carbocycles. The summed E-state index contributed by atoms with van der Waals surface area (Å²) in [5.41, 5.74) is 2.28. The maximum Gasteiger partial charge on any atom is 0.251 e. The predicted molar refractivity (Wildman–Crippen MR) is 77.0 cm³/mol. The molecule has 1 unspecified atom stereocenters. The van der Waals surface area contributed by atoms with Gasteiger partial charge in [0.05, 0.1) is 0 Å². The van der Waals surface area contributed by atoms with Crippen molar-refractivity contribution in [1.29, 1.82) is 0 Å². The van der Waals surface area contributed by atoms with E-state index < -0.39 is 0 Å². The fourth-order valence-electron chi connectivity index (χ4n) is 1.96. The summed E-state index contributed by atoms with van der Waals surface area (Å²) in [6.07, 6.45) is 2.01. The number of hydrogen-bond donors (Lipinski definition) is 2. The van der Waals surface area contributed by atoms with Crippen molar-refractivity contribution in [3.05, 3.63) is 34.9 Å². The smallest absolute Gasteiger partial charge is 0.251 e. The Balaban J connectivity index is 2.92. The second kappa shape index (κ2) is 7.60. The number of amides is 1. The van der Waals surface area contributed by atoms with Crippen LogP contribution in [0.4, 0.5) is 0 Å². The first kappa shape index (κ1) is 15.3. The zero-order valence-corrected chi connectivity index (χ0v) is 11.8. The van der Waals surface area contributed by atoms with Gasteiger partial charge in [-0.1, -0.05) is 31.3 Å². The second-order valence-corrected chi connectivity index (χ2v) is 4.60. The molecule has 3 nitrogen and oxygen atoms in total. The highest BCUT2D eigenvalue weighted by Gasteiger charge is 2.12. The second-order valence-electron chi connectivity index (χ2n) is 4.60. The third-order valence-electron chi connectivity index (χ3n) is 2.98. The molecule has 19 heavy (non-hydrogen) atoms. The zero-order valence-electron chi connectivity index (χ0n) is 11.8. The summed E-state index contributed by atoms with van der Waals surface area (Å²) in [6, 6.07) is 5.63. The summed E-state index contributed by atoms with van der Waals surface area (Å²) in [6.45, 7) is 5.80. The monoisotopic (exact) mass is 259 g/mol. The summed E-state index contributed by atoms with van der Waals surface area (Å²) in [5, 5.41) is 11.7. The van der Waals surface area contributed by atoms with Gasteiger partial charge in [0, 0.05) is 17.2 Å². The Kier molecular flexibility index (Phi) is 6.11. The van der Waals surface area contributed by atoms with Gasteiger partial charge in [-0.05, 0) is 38.0 Å². The molecule has 0 saturated carbocycles. The van der Waals surface area contributed by atoms with Crippen LogP contribution in [0.25, 0.3) is 0 Å². The van der Waals surface area contributed by atoms with E-state index in [4.69, 9.17) is 5.11 Å². The first-order valence-corrected chi connectivity index (χ1v) is 6.60. The van der Waals surface area contributed by atoms with E-state index in [1.54, 1.807) is 6.07 Å². The first-order valence-electron chi connectivity index (χ1n) is 6.60. The lowest BCUT2D eigenvalue weighted by Gasteiger charge is -2.14. The molecule has 1 amide bonds. The minimum absolute atomic E-state index is 0.0638. The number of rotatable bonds is 4. The maximum atomic E-state index is 12.2. The van der Waals surface area contributed by atoms with Crippen LogP contribution in [0.15, 0.2) is 18.2 Å². The lowest BCUT2D eigenvalue weighted by atomic mass is 10.0. The molecule has 0 radical (unpaired) electrons. The van der Waals surface area contributed by atoms with Crippen LogP contribution in [0.1, 0.15) is 48.2 Å². The average Bonchev–Trinajstić information content (AvgIpc) is 2.37. The van der Waals surface area contributed by atoms with Gasteiger partial charge < -0.3 is 10.4 Å². The summed E-state index contributed by atoms with van der Waals surface area (Å²) in [4.78, 5) is 12.2. The Hall–Kier alpha value is -1.79. The first-order chi connectivity index (χ1) is 9.10. The lowest BCUT2D eigenvalue weighted by molar-refractivity contribution is 0.0937. The third kappa shape index (κ3) is 4.42. The number of carbonyl (C=O) groups excluding carboxylic acids is 1. The van der Waals surface area contributed by atoms with Gasteiger partial charge in [0.1, 0.15) is 6.61 Å². The highest BCUT2D eigenvalue weighted by Crippen LogP contribution is 2.13. The van der Waals surface area contributed by atoms with Crippen molar-refractivity contribution in [3.63, 3.8) is 0 Å². The Bertz CT molecular complexity index is 497. The molecule has 0 bridgehead atoms. The summed E-state index contributed by atoms with van der Waals surface area (Å²) in [7, 11) is 0. The predicted octanol–water partition coefficient (Wildman–Crippen LogP) is 2.26. The van der Waals surface area contributed by atoms with Crippen molar-refractivity contribution < 1.29 is 9.90 Å². The molecule has 2 N–H and O–H groups in total. The number of aliphatic hydroxyl groups is 1. The Labute approximate surface area is 115 Å². The highest BCUT2D eigenvalue weighted by atomic mass is 16.2. The standard InChI is InChI=1S/C16H21NO2/c1-4-7-12(2)17-16(19)15-10-5-8-14(13(15)3)9-6-11-18/h5,8,10,12,18H,4,7,11H2,1-3H3,(H,17,19). The van der Waals surface area contributed by atoms with Crippen LogP contribution in [0.2, 0.25) is 0 Å². The molecule has 0 spiro atoms. The molecule has 0 saturated heterocycles. The number of carbonyl (C=O) groups is 1. The van der Waals surface area contributed by atoms with Crippen LogP contribution in [0.5, 0.6) is 0 Å². The lowest BCUT2D eigenvalue weighted by Crippen LogP contribution is -2.32. The Morgan fingerprint density at radius 2 is 2.21 bits per heavy atom. The molecule has 0 aliphatic rings. The number of aliphatic hydroxyl groups excluding tert-OH is 1. The molecule has 3 heteroatoms. The van der Waals surface area contributed by atoms with Crippen molar-refractivity contribution in [3.8, 4) is 11.8 Å². The van der Waals surface area contributed by atoms with Crippen LogP contribution in [0, 0.1) is 18.8 Å². The van der Waals surface area contributed by atoms with E-state index in [1.807, 2.05) is 26.0 Å². The van der Waals surface area contributed by atoms with E-state index in [1.165, 1.54) is 0 Å². The van der Waals surface area contributed by atoms with Crippen LogP contribution in [-0.2, 0) is 0 Å². The van der Waals surface area contributed by atoms with Crippen LogP contribution in [0.3, 0.4) is 0 Å². The Morgan fingerprint density at radius 1 is 1.47 bits per heavy atom. The fourth-order valence-corrected chi connectivity index (χ4v) is 1.96. The SMILES string of the molecule is CCCC(C)NC(=O)c1cccc(C#CCO)c1C. The average molecular weight is 259 g/mol. The summed E-state index contributed by atoms with van der Waals surface area (Å²) >= 11 is 0. The van der Waals surface area contributed by atoms with Crippen molar-refractivity contribution in [2.45, 2.75) is 39.7 Å². The molecular formula is C16H21NO2. The van der Waals surface area contributed by atoms with Gasteiger partial charge in [-0.2, -0.15) is 0 Å². The largest absolute Gasteiger partial charge is 0.384 e. The van der Waals surface area contributed by atoms with Gasteiger partial charge in [0.25, 0.3) is 5.91 Å². The molecular weight excluding hydrogens is 238 g/mol. The fraction of sp³-hybridized carbons (Fsp3) is 0.438. The van der Waals surface area contributed by atoms with Gasteiger partial charge in [0.15, 0.2) is 0 Å². The van der Waals surface area contributed by atoms with E-state index in [0.717, 1.165) is 24.0 Å². The van der Waals surface area contributed by atoms with Gasteiger partial charge in [-0.3, -0.25) is 4.79 Å². The molecule has 0 fully saturated rings. The maximum absolute atomic E-state index is 12.2. The normalized spacial score (nSPS) is 11.4. The molecule has 1 rings (SSSR count). The summed E-state index contributed by atoms with van der Waals surface area (Å²) in [5.74, 6) is 5.40. The molecule has 1 atom stereocenters. The molecule has 102 valence electrons. The molecule has 0 aromatic heterocycles. The van der Waals surface area contributed by atoms with Crippen molar-refractivity contribution >= 4 is 5.91 Å². The zero-order chi connectivity index (χ0) is 14.3. The third-order valence-corrected chi connectivity index (χ3v) is 2.98. The van der Waals surface area contributed by atoms with Crippen molar-refractivity contribution in [2.75, 3.05) is 6.61 Å². The van der Waals surface area contributed by atoms with Crippen molar-refractivity contribution in [2.24, 2.45) is 0 Å². The van der Waals surface area contributed by atoms with Gasteiger partial charge >= 0.3 is 0 Å². The Morgan fingerprint density at radius 3 is 2.84 bits per heavy atom. The van der Waals surface area contributed by atoms with E-state index in [-0.39, 0.29) is 18.6 Å². The quantitative estimate of drug-likeness (QED) is 0.815. The number of benzene rings is 1. The van der Waals surface area contributed by atoms with Gasteiger partial charge in [-0.15, -0.1) is 0 Å². The summed E-state index contributed by atoms with van der Waals surface area (Å²) < 4.78 is 0. The van der Waals surface area contributed by atoms with Crippen LogP contribution in [-0.4, -0.2) is 23.7 Å².